The second kappa shape index (κ2) is 6.96. The van der Waals surface area contributed by atoms with Crippen LogP contribution in [0.4, 0.5) is 0 Å². The first-order valence-electron chi connectivity index (χ1n) is 7.07. The fraction of sp³-hybridized carbons (Fsp3) is 0.467. The molecule has 0 saturated carbocycles. The smallest absolute Gasteiger partial charge is 0.258 e. The summed E-state index contributed by atoms with van der Waals surface area (Å²) in [6.45, 7) is 6.39. The zero-order valence-corrected chi connectivity index (χ0v) is 14.3. The minimum Gasteiger partial charge on any atom is -0.271 e. The van der Waals surface area contributed by atoms with Gasteiger partial charge in [0.25, 0.3) is 5.91 Å². The maximum absolute atomic E-state index is 12.1. The van der Waals surface area contributed by atoms with Crippen LogP contribution in [0.3, 0.4) is 0 Å². The van der Waals surface area contributed by atoms with Crippen LogP contribution in [-0.4, -0.2) is 24.2 Å². The lowest BCUT2D eigenvalue weighted by molar-refractivity contribution is -0.122. The molecule has 0 spiro atoms. The maximum atomic E-state index is 12.1. The Morgan fingerprint density at radius 1 is 1.32 bits per heavy atom. The molecular weight excluding hydrogens is 323 g/mol. The van der Waals surface area contributed by atoms with Crippen molar-refractivity contribution in [2.45, 2.75) is 39.3 Å². The Kier molecular flexibility index (Phi) is 5.45. The molecule has 0 aromatic heterocycles. The van der Waals surface area contributed by atoms with Crippen molar-refractivity contribution in [3.05, 3.63) is 33.8 Å². The van der Waals surface area contributed by atoms with Gasteiger partial charge in [-0.15, -0.1) is 0 Å². The van der Waals surface area contributed by atoms with Gasteiger partial charge >= 0.3 is 0 Å². The van der Waals surface area contributed by atoms with Gasteiger partial charge in [0, 0.05) is 11.6 Å². The van der Waals surface area contributed by atoms with Gasteiger partial charge in [-0.25, -0.2) is 10.9 Å². The summed E-state index contributed by atoms with van der Waals surface area (Å²) in [7, 11) is 0. The number of nitrogens with one attached hydrogen (secondary N) is 3. The van der Waals surface area contributed by atoms with Crippen molar-refractivity contribution in [2.75, 3.05) is 0 Å². The van der Waals surface area contributed by atoms with Crippen LogP contribution in [0.2, 0.25) is 10.0 Å². The van der Waals surface area contributed by atoms with E-state index in [1.165, 1.54) is 6.21 Å². The van der Waals surface area contributed by atoms with Crippen molar-refractivity contribution in [1.29, 1.82) is 0 Å². The number of benzene rings is 1. The van der Waals surface area contributed by atoms with Crippen molar-refractivity contribution < 1.29 is 4.79 Å². The van der Waals surface area contributed by atoms with Crippen molar-refractivity contribution in [1.82, 2.24) is 16.3 Å². The molecule has 1 aliphatic heterocycles. The highest BCUT2D eigenvalue weighted by Gasteiger charge is 2.35. The average molecular weight is 343 g/mol. The van der Waals surface area contributed by atoms with Gasteiger partial charge in [-0.1, -0.05) is 50.0 Å². The molecule has 2 rings (SSSR count). The van der Waals surface area contributed by atoms with E-state index in [0.717, 1.165) is 0 Å². The molecule has 1 amide bonds. The molecule has 1 saturated heterocycles. The summed E-state index contributed by atoms with van der Waals surface area (Å²) in [6, 6.07) is 5.09. The Balaban J connectivity index is 1.93. The van der Waals surface area contributed by atoms with Crippen LogP contribution in [0.25, 0.3) is 0 Å². The average Bonchev–Trinajstić information content (AvgIpc) is 2.91. The molecule has 3 N–H and O–H groups in total. The van der Waals surface area contributed by atoms with Crippen LogP contribution in [-0.2, 0) is 4.79 Å². The molecule has 0 bridgehead atoms. The van der Waals surface area contributed by atoms with E-state index in [0.29, 0.717) is 22.0 Å². The molecule has 1 fully saturated rings. The second-order valence-corrected chi connectivity index (χ2v) is 7.18. The molecule has 1 aromatic rings. The first-order chi connectivity index (χ1) is 10.3. The Morgan fingerprint density at radius 2 is 1.95 bits per heavy atom. The molecule has 120 valence electrons. The van der Waals surface area contributed by atoms with Crippen LogP contribution in [0.15, 0.2) is 23.3 Å². The molecule has 1 heterocycles. The molecule has 7 heteroatoms. The number of halogens is 2. The molecule has 0 radical (unpaired) electrons. The Morgan fingerprint density at radius 3 is 2.50 bits per heavy atom. The van der Waals surface area contributed by atoms with Gasteiger partial charge in [0.05, 0.1) is 16.3 Å². The number of nitrogens with zero attached hydrogens (tertiary/aromatic N) is 1. The van der Waals surface area contributed by atoms with Crippen molar-refractivity contribution in [3.8, 4) is 0 Å². The molecule has 22 heavy (non-hydrogen) atoms. The zero-order chi connectivity index (χ0) is 16.3. The summed E-state index contributed by atoms with van der Waals surface area (Å²) in [6.07, 6.45) is 2.16. The third-order valence-corrected chi connectivity index (χ3v) is 4.29. The molecule has 2 unspecified atom stereocenters. The van der Waals surface area contributed by atoms with E-state index in [4.69, 9.17) is 23.2 Å². The highest BCUT2D eigenvalue weighted by Crippen LogP contribution is 2.25. The third kappa shape index (κ3) is 4.20. The third-order valence-electron chi connectivity index (χ3n) is 3.63. The summed E-state index contributed by atoms with van der Waals surface area (Å²) in [5, 5.41) is 4.90. The zero-order valence-electron chi connectivity index (χ0n) is 12.8. The lowest BCUT2D eigenvalue weighted by Gasteiger charge is -2.25. The van der Waals surface area contributed by atoms with Gasteiger partial charge in [-0.05, 0) is 24.0 Å². The molecular formula is C15H20Cl2N4O. The van der Waals surface area contributed by atoms with Gasteiger partial charge in [0.15, 0.2) is 0 Å². The summed E-state index contributed by atoms with van der Waals surface area (Å²) >= 11 is 12.1. The lowest BCUT2D eigenvalue weighted by Crippen LogP contribution is -2.43. The number of rotatable bonds is 3. The Hall–Kier alpha value is -1.14. The molecule has 1 aliphatic rings. The summed E-state index contributed by atoms with van der Waals surface area (Å²) < 4.78 is 0. The predicted octanol–water partition coefficient (Wildman–Crippen LogP) is 2.72. The monoisotopic (exact) mass is 342 g/mol. The van der Waals surface area contributed by atoms with E-state index < -0.39 is 0 Å². The van der Waals surface area contributed by atoms with Crippen LogP contribution in [0.5, 0.6) is 0 Å². The van der Waals surface area contributed by atoms with E-state index in [-0.39, 0.29) is 23.4 Å². The number of carbonyl (C=O) groups is 1. The number of hydrogen-bond donors (Lipinski definition) is 3. The van der Waals surface area contributed by atoms with Crippen molar-refractivity contribution >= 4 is 35.3 Å². The van der Waals surface area contributed by atoms with Crippen LogP contribution < -0.4 is 16.3 Å². The van der Waals surface area contributed by atoms with Gasteiger partial charge < -0.3 is 0 Å². The first-order valence-corrected chi connectivity index (χ1v) is 7.82. The highest BCUT2D eigenvalue weighted by atomic mass is 35.5. The number of amides is 1. The van der Waals surface area contributed by atoms with Gasteiger partial charge in [-0.2, -0.15) is 5.10 Å². The molecule has 5 nitrogen and oxygen atoms in total. The van der Waals surface area contributed by atoms with E-state index in [2.05, 4.69) is 42.1 Å². The van der Waals surface area contributed by atoms with Crippen LogP contribution >= 0.6 is 23.2 Å². The lowest BCUT2D eigenvalue weighted by atomic mass is 9.84. The minimum atomic E-state index is -0.317. The standard InChI is InChI=1S/C15H20Cl2N4O/c1-15(2,3)13-7-12(19-20-13)14(22)21-18-8-9-10(16)5-4-6-11(9)17/h4-6,8,12-13,19-20H,7H2,1-3H3,(H,21,22)/b18-8+. The summed E-state index contributed by atoms with van der Waals surface area (Å²) in [4.78, 5) is 12.1. The quantitative estimate of drug-likeness (QED) is 0.584. The molecule has 2 atom stereocenters. The Labute approximate surface area is 140 Å². The SMILES string of the molecule is CC(C)(C)C1CC(C(=O)N/N=C/c2c(Cl)cccc2Cl)NN1. The molecule has 0 aliphatic carbocycles. The van der Waals surface area contributed by atoms with Gasteiger partial charge in [-0.3, -0.25) is 10.2 Å². The number of carbonyl (C=O) groups excluding carboxylic acids is 1. The van der Waals surface area contributed by atoms with Crippen LogP contribution in [0.1, 0.15) is 32.8 Å². The highest BCUT2D eigenvalue weighted by molar-refractivity contribution is 6.38. The fourth-order valence-corrected chi connectivity index (χ4v) is 2.66. The maximum Gasteiger partial charge on any atom is 0.258 e. The normalized spacial score (nSPS) is 22.2. The minimum absolute atomic E-state index is 0.0797. The second-order valence-electron chi connectivity index (χ2n) is 6.37. The number of hydrogen-bond acceptors (Lipinski definition) is 4. The first kappa shape index (κ1) is 17.2. The Bertz CT molecular complexity index is 563. The van der Waals surface area contributed by atoms with Gasteiger partial charge in [0.1, 0.15) is 6.04 Å². The number of hydrazine groups is 1. The predicted molar refractivity (Wildman–Crippen MR) is 90.1 cm³/mol. The summed E-state index contributed by atoms with van der Waals surface area (Å²) in [5.74, 6) is -0.196. The van der Waals surface area contributed by atoms with E-state index in [9.17, 15) is 4.79 Å². The van der Waals surface area contributed by atoms with Gasteiger partial charge in [0.2, 0.25) is 0 Å². The summed E-state index contributed by atoms with van der Waals surface area (Å²) in [5.41, 5.74) is 9.32. The van der Waals surface area contributed by atoms with E-state index in [1.54, 1.807) is 18.2 Å². The van der Waals surface area contributed by atoms with Crippen LogP contribution in [0, 0.1) is 5.41 Å². The van der Waals surface area contributed by atoms with Crippen molar-refractivity contribution in [2.24, 2.45) is 10.5 Å². The van der Waals surface area contributed by atoms with E-state index in [1.807, 2.05) is 0 Å². The topological polar surface area (TPSA) is 65.5 Å². The largest absolute Gasteiger partial charge is 0.271 e. The number of hydrazone groups is 1. The van der Waals surface area contributed by atoms with Crippen molar-refractivity contribution in [3.63, 3.8) is 0 Å². The van der Waals surface area contributed by atoms with E-state index >= 15 is 0 Å². The molecule has 1 aromatic carbocycles. The fourth-order valence-electron chi connectivity index (χ4n) is 2.17.